The van der Waals surface area contributed by atoms with Gasteiger partial charge in [-0.05, 0) is 12.5 Å². The second-order valence-corrected chi connectivity index (χ2v) is 3.18. The van der Waals surface area contributed by atoms with E-state index in [-0.39, 0.29) is 19.3 Å². The van der Waals surface area contributed by atoms with E-state index in [1.54, 1.807) is 0 Å². The van der Waals surface area contributed by atoms with Crippen LogP contribution in [-0.4, -0.2) is 29.5 Å². The van der Waals surface area contributed by atoms with Gasteiger partial charge in [-0.2, -0.15) is 0 Å². The third-order valence-corrected chi connectivity index (χ3v) is 2.07. The second-order valence-electron chi connectivity index (χ2n) is 3.18. The average molecular weight is 196 g/mol. The van der Waals surface area contributed by atoms with Crippen molar-refractivity contribution >= 4 is 0 Å². The lowest BCUT2D eigenvalue weighted by molar-refractivity contribution is -0.0576. The highest BCUT2D eigenvalue weighted by atomic mass is 16.5. The van der Waals surface area contributed by atoms with Crippen LogP contribution in [0.4, 0.5) is 0 Å². The van der Waals surface area contributed by atoms with E-state index in [1.807, 2.05) is 37.3 Å². The van der Waals surface area contributed by atoms with Crippen molar-refractivity contribution < 1.29 is 14.9 Å². The topological polar surface area (TPSA) is 49.7 Å². The molecule has 3 nitrogen and oxygen atoms in total. The summed E-state index contributed by atoms with van der Waals surface area (Å²) >= 11 is 0. The number of aliphatic hydroxyl groups excluding tert-OH is 2. The zero-order valence-corrected chi connectivity index (χ0v) is 8.26. The van der Waals surface area contributed by atoms with Gasteiger partial charge < -0.3 is 14.9 Å². The maximum atomic E-state index is 8.84. The van der Waals surface area contributed by atoms with E-state index in [0.717, 1.165) is 5.56 Å². The first-order valence-corrected chi connectivity index (χ1v) is 4.70. The van der Waals surface area contributed by atoms with Crippen molar-refractivity contribution in [3.8, 4) is 0 Å². The molecule has 0 aromatic heterocycles. The summed E-state index contributed by atoms with van der Waals surface area (Å²) in [6, 6.07) is 9.71. The molecule has 0 radical (unpaired) electrons. The number of rotatable bonds is 5. The minimum absolute atomic E-state index is 0.111. The molecule has 0 aliphatic heterocycles. The molecule has 0 saturated carbocycles. The molecule has 1 rings (SSSR count). The molecule has 1 atom stereocenters. The number of aliphatic hydroxyl groups is 2. The van der Waals surface area contributed by atoms with Crippen LogP contribution in [0.2, 0.25) is 0 Å². The average Bonchev–Trinajstić information content (AvgIpc) is 2.26. The SMILES string of the molecule is CC(OC(CO)CO)c1ccccc1. The fourth-order valence-electron chi connectivity index (χ4n) is 1.24. The maximum absolute atomic E-state index is 8.84. The molecule has 0 amide bonds. The summed E-state index contributed by atoms with van der Waals surface area (Å²) in [5.74, 6) is 0. The predicted octanol–water partition coefficient (Wildman–Crippen LogP) is 1.12. The summed E-state index contributed by atoms with van der Waals surface area (Å²) in [6.07, 6.45) is -0.606. The summed E-state index contributed by atoms with van der Waals surface area (Å²) in [7, 11) is 0. The molecule has 0 aliphatic rings. The minimum atomic E-state index is -0.495. The Morgan fingerprint density at radius 2 is 1.71 bits per heavy atom. The third-order valence-electron chi connectivity index (χ3n) is 2.07. The maximum Gasteiger partial charge on any atom is 0.104 e. The minimum Gasteiger partial charge on any atom is -0.394 e. The molecule has 0 bridgehead atoms. The lowest BCUT2D eigenvalue weighted by atomic mass is 10.1. The van der Waals surface area contributed by atoms with Crippen LogP contribution in [0.15, 0.2) is 30.3 Å². The van der Waals surface area contributed by atoms with Gasteiger partial charge in [-0.3, -0.25) is 0 Å². The van der Waals surface area contributed by atoms with Crippen molar-refractivity contribution in [3.05, 3.63) is 35.9 Å². The van der Waals surface area contributed by atoms with E-state index in [2.05, 4.69) is 0 Å². The van der Waals surface area contributed by atoms with Crippen molar-refractivity contribution in [2.45, 2.75) is 19.1 Å². The van der Waals surface area contributed by atoms with Crippen LogP contribution in [0, 0.1) is 0 Å². The fourth-order valence-corrected chi connectivity index (χ4v) is 1.24. The number of ether oxygens (including phenoxy) is 1. The molecule has 0 fully saturated rings. The molecule has 1 unspecified atom stereocenters. The van der Waals surface area contributed by atoms with Crippen LogP contribution in [0.5, 0.6) is 0 Å². The normalized spacial score (nSPS) is 13.1. The highest BCUT2D eigenvalue weighted by Gasteiger charge is 2.12. The molecule has 1 aromatic carbocycles. The van der Waals surface area contributed by atoms with Gasteiger partial charge in [0, 0.05) is 0 Å². The molecule has 14 heavy (non-hydrogen) atoms. The van der Waals surface area contributed by atoms with E-state index in [9.17, 15) is 0 Å². The van der Waals surface area contributed by atoms with E-state index in [4.69, 9.17) is 14.9 Å². The Balaban J connectivity index is 2.54. The van der Waals surface area contributed by atoms with Crippen molar-refractivity contribution in [3.63, 3.8) is 0 Å². The van der Waals surface area contributed by atoms with Gasteiger partial charge in [0.15, 0.2) is 0 Å². The Bertz CT molecular complexity index is 244. The lowest BCUT2D eigenvalue weighted by Gasteiger charge is -2.19. The number of benzene rings is 1. The van der Waals surface area contributed by atoms with Crippen LogP contribution in [0.1, 0.15) is 18.6 Å². The molecule has 2 N–H and O–H groups in total. The monoisotopic (exact) mass is 196 g/mol. The number of hydrogen-bond donors (Lipinski definition) is 2. The summed E-state index contributed by atoms with van der Waals surface area (Å²) in [6.45, 7) is 1.58. The molecule has 78 valence electrons. The standard InChI is InChI=1S/C11H16O3/c1-9(14-11(7-12)8-13)10-5-3-2-4-6-10/h2-6,9,11-13H,7-8H2,1H3. The zero-order valence-electron chi connectivity index (χ0n) is 8.26. The molecule has 0 spiro atoms. The van der Waals surface area contributed by atoms with Gasteiger partial charge in [-0.1, -0.05) is 30.3 Å². The zero-order chi connectivity index (χ0) is 10.4. The summed E-state index contributed by atoms with van der Waals surface area (Å²) < 4.78 is 5.43. The Morgan fingerprint density at radius 3 is 2.21 bits per heavy atom. The van der Waals surface area contributed by atoms with E-state index >= 15 is 0 Å². The van der Waals surface area contributed by atoms with Crippen LogP contribution < -0.4 is 0 Å². The fraction of sp³-hybridized carbons (Fsp3) is 0.455. The van der Waals surface area contributed by atoms with Crippen LogP contribution in [0.25, 0.3) is 0 Å². The molecule has 0 heterocycles. The Morgan fingerprint density at radius 1 is 1.14 bits per heavy atom. The molecule has 3 heteroatoms. The molecular formula is C11H16O3. The van der Waals surface area contributed by atoms with Gasteiger partial charge in [-0.15, -0.1) is 0 Å². The summed E-state index contributed by atoms with van der Waals surface area (Å²) in [4.78, 5) is 0. The van der Waals surface area contributed by atoms with E-state index in [1.165, 1.54) is 0 Å². The summed E-state index contributed by atoms with van der Waals surface area (Å²) in [5.41, 5.74) is 1.04. The van der Waals surface area contributed by atoms with Crippen LogP contribution in [0.3, 0.4) is 0 Å². The lowest BCUT2D eigenvalue weighted by Crippen LogP contribution is -2.23. The molecule has 0 saturated heterocycles. The van der Waals surface area contributed by atoms with Gasteiger partial charge >= 0.3 is 0 Å². The van der Waals surface area contributed by atoms with Gasteiger partial charge in [0.2, 0.25) is 0 Å². The Labute approximate surface area is 84.0 Å². The van der Waals surface area contributed by atoms with Crippen molar-refractivity contribution in [2.24, 2.45) is 0 Å². The van der Waals surface area contributed by atoms with Gasteiger partial charge in [0.25, 0.3) is 0 Å². The third kappa shape index (κ3) is 3.10. The smallest absolute Gasteiger partial charge is 0.104 e. The van der Waals surface area contributed by atoms with Crippen LogP contribution in [-0.2, 0) is 4.74 Å². The molecular weight excluding hydrogens is 180 g/mol. The van der Waals surface area contributed by atoms with Gasteiger partial charge in [0.1, 0.15) is 6.10 Å². The first kappa shape index (κ1) is 11.2. The Hall–Kier alpha value is -0.900. The predicted molar refractivity (Wildman–Crippen MR) is 53.9 cm³/mol. The van der Waals surface area contributed by atoms with Crippen molar-refractivity contribution in [2.75, 3.05) is 13.2 Å². The molecule has 0 aliphatic carbocycles. The molecule has 1 aromatic rings. The highest BCUT2D eigenvalue weighted by molar-refractivity contribution is 5.16. The largest absolute Gasteiger partial charge is 0.394 e. The van der Waals surface area contributed by atoms with Crippen molar-refractivity contribution in [1.82, 2.24) is 0 Å². The van der Waals surface area contributed by atoms with Gasteiger partial charge in [0.05, 0.1) is 19.3 Å². The quantitative estimate of drug-likeness (QED) is 0.742. The van der Waals surface area contributed by atoms with E-state index in [0.29, 0.717) is 0 Å². The first-order valence-electron chi connectivity index (χ1n) is 4.70. The Kier molecular flexibility index (Phi) is 4.59. The second kappa shape index (κ2) is 5.75. The van der Waals surface area contributed by atoms with E-state index < -0.39 is 6.10 Å². The van der Waals surface area contributed by atoms with Crippen molar-refractivity contribution in [1.29, 1.82) is 0 Å². The summed E-state index contributed by atoms with van der Waals surface area (Å²) in [5, 5.41) is 17.7. The van der Waals surface area contributed by atoms with Gasteiger partial charge in [-0.25, -0.2) is 0 Å². The highest BCUT2D eigenvalue weighted by Crippen LogP contribution is 2.17. The first-order chi connectivity index (χ1) is 6.77. The number of hydrogen-bond acceptors (Lipinski definition) is 3. The van der Waals surface area contributed by atoms with Crippen LogP contribution >= 0.6 is 0 Å².